The van der Waals surface area contributed by atoms with Crippen LogP contribution in [0, 0.1) is 5.92 Å². The van der Waals surface area contributed by atoms with Crippen molar-refractivity contribution in [1.82, 2.24) is 20.5 Å². The second kappa shape index (κ2) is 4.97. The lowest BCUT2D eigenvalue weighted by Crippen LogP contribution is -2.40. The Morgan fingerprint density at radius 3 is 3.00 bits per heavy atom. The van der Waals surface area contributed by atoms with Crippen LogP contribution in [0.4, 0.5) is 5.95 Å². The van der Waals surface area contributed by atoms with E-state index in [1.54, 1.807) is 0 Å². The molecule has 96 valence electrons. The smallest absolute Gasteiger partial charge is 0.249 e. The zero-order valence-corrected chi connectivity index (χ0v) is 10.2. The van der Waals surface area contributed by atoms with E-state index in [1.807, 2.05) is 0 Å². The molecular weight excluding hydrogens is 230 g/mol. The summed E-state index contributed by atoms with van der Waals surface area (Å²) < 4.78 is 0. The number of nitrogens with zero attached hydrogens (tertiary/aromatic N) is 3. The average molecular weight is 247 g/mol. The van der Waals surface area contributed by atoms with Crippen molar-refractivity contribution < 1.29 is 4.79 Å². The zero-order valence-electron chi connectivity index (χ0n) is 10.2. The maximum atomic E-state index is 12.1. The van der Waals surface area contributed by atoms with Gasteiger partial charge in [0.2, 0.25) is 11.9 Å². The fourth-order valence-electron chi connectivity index (χ4n) is 3.02. The van der Waals surface area contributed by atoms with Gasteiger partial charge in [-0.1, -0.05) is 12.8 Å². The third-order valence-corrected chi connectivity index (χ3v) is 3.90. The largest absolute Gasteiger partial charge is 0.303 e. The molecule has 1 amide bonds. The lowest BCUT2D eigenvalue weighted by molar-refractivity contribution is -0.117. The number of hydrogen-bond acceptors (Lipinski definition) is 5. The third kappa shape index (κ3) is 2.33. The molecule has 3 rings (SSSR count). The van der Waals surface area contributed by atoms with Crippen LogP contribution in [0.25, 0.3) is 0 Å². The highest BCUT2D eigenvalue weighted by Gasteiger charge is 2.38. The maximum absolute atomic E-state index is 12.1. The normalized spacial score (nSPS) is 30.8. The van der Waals surface area contributed by atoms with E-state index in [2.05, 4.69) is 25.8 Å². The number of amides is 1. The summed E-state index contributed by atoms with van der Waals surface area (Å²) in [6.45, 7) is 0. The molecule has 0 bridgehead atoms. The van der Waals surface area contributed by atoms with Gasteiger partial charge < -0.3 is 5.32 Å². The van der Waals surface area contributed by atoms with Crippen molar-refractivity contribution in [2.24, 2.45) is 5.92 Å². The minimum atomic E-state index is -0.109. The summed E-state index contributed by atoms with van der Waals surface area (Å²) in [6, 6.07) is 0.409. The Balaban J connectivity index is 1.60. The van der Waals surface area contributed by atoms with Gasteiger partial charge in [-0.05, 0) is 25.2 Å². The van der Waals surface area contributed by atoms with Gasteiger partial charge in [-0.15, -0.1) is 5.10 Å². The van der Waals surface area contributed by atoms with E-state index in [0.29, 0.717) is 12.0 Å². The van der Waals surface area contributed by atoms with Gasteiger partial charge in [-0.3, -0.25) is 10.1 Å². The number of carbonyl (C=O) groups excluding carboxylic acids is 1. The Kier molecular flexibility index (Phi) is 3.19. The van der Waals surface area contributed by atoms with Crippen LogP contribution in [0.3, 0.4) is 0 Å². The number of rotatable bonds is 2. The molecule has 18 heavy (non-hydrogen) atoms. The number of carbonyl (C=O) groups is 1. The van der Waals surface area contributed by atoms with Gasteiger partial charge >= 0.3 is 0 Å². The van der Waals surface area contributed by atoms with Crippen LogP contribution in [0.1, 0.15) is 32.1 Å². The van der Waals surface area contributed by atoms with Gasteiger partial charge in [0.15, 0.2) is 0 Å². The molecule has 2 N–H and O–H groups in total. The molecule has 1 aliphatic heterocycles. The van der Waals surface area contributed by atoms with Crippen molar-refractivity contribution in [2.75, 3.05) is 5.32 Å². The highest BCUT2D eigenvalue weighted by molar-refractivity contribution is 5.93. The molecule has 2 heterocycles. The number of anilines is 1. The van der Waals surface area contributed by atoms with Crippen molar-refractivity contribution in [2.45, 2.75) is 44.2 Å². The summed E-state index contributed by atoms with van der Waals surface area (Å²) in [5.41, 5.74) is 0. The van der Waals surface area contributed by atoms with Gasteiger partial charge in [0, 0.05) is 6.04 Å². The molecule has 2 fully saturated rings. The van der Waals surface area contributed by atoms with Crippen LogP contribution in [0.15, 0.2) is 12.4 Å². The molecule has 3 atom stereocenters. The van der Waals surface area contributed by atoms with Crippen LogP contribution >= 0.6 is 0 Å². The van der Waals surface area contributed by atoms with Crippen LogP contribution in [-0.4, -0.2) is 33.2 Å². The molecule has 6 nitrogen and oxygen atoms in total. The molecule has 0 spiro atoms. The maximum Gasteiger partial charge on any atom is 0.249 e. The molecule has 0 radical (unpaired) electrons. The van der Waals surface area contributed by atoms with Crippen LogP contribution in [0.2, 0.25) is 0 Å². The fourth-order valence-corrected chi connectivity index (χ4v) is 3.02. The van der Waals surface area contributed by atoms with Crippen molar-refractivity contribution in [1.29, 1.82) is 0 Å². The zero-order chi connectivity index (χ0) is 12.4. The number of hydrogen-bond donors (Lipinski definition) is 2. The van der Waals surface area contributed by atoms with E-state index in [-0.39, 0.29) is 17.9 Å². The summed E-state index contributed by atoms with van der Waals surface area (Å²) in [5, 5.41) is 13.6. The molecule has 3 unspecified atom stereocenters. The van der Waals surface area contributed by atoms with E-state index in [1.165, 1.54) is 38.1 Å². The first-order chi connectivity index (χ1) is 8.83. The van der Waals surface area contributed by atoms with Crippen molar-refractivity contribution in [3.05, 3.63) is 12.4 Å². The second-order valence-electron chi connectivity index (χ2n) is 5.06. The van der Waals surface area contributed by atoms with Gasteiger partial charge in [0.1, 0.15) is 0 Å². The molecule has 1 saturated heterocycles. The van der Waals surface area contributed by atoms with Crippen LogP contribution < -0.4 is 10.6 Å². The molecule has 1 aliphatic carbocycles. The Morgan fingerprint density at radius 1 is 1.33 bits per heavy atom. The van der Waals surface area contributed by atoms with E-state index >= 15 is 0 Å². The molecule has 1 aromatic rings. The number of aromatic nitrogens is 3. The fraction of sp³-hybridized carbons (Fsp3) is 0.667. The molecule has 1 aromatic heterocycles. The van der Waals surface area contributed by atoms with Gasteiger partial charge in [-0.25, -0.2) is 4.98 Å². The quantitative estimate of drug-likeness (QED) is 0.805. The van der Waals surface area contributed by atoms with Crippen LogP contribution in [-0.2, 0) is 4.79 Å². The predicted octanol–water partition coefficient (Wildman–Crippen LogP) is 0.731. The average Bonchev–Trinajstić information content (AvgIpc) is 2.84. The van der Waals surface area contributed by atoms with Gasteiger partial charge in [0.25, 0.3) is 0 Å². The summed E-state index contributed by atoms with van der Waals surface area (Å²) in [6.07, 6.45) is 8.93. The van der Waals surface area contributed by atoms with Gasteiger partial charge in [0.05, 0.1) is 18.4 Å². The Bertz CT molecular complexity index is 410. The highest BCUT2D eigenvalue weighted by atomic mass is 16.2. The highest BCUT2D eigenvalue weighted by Crippen LogP contribution is 2.33. The molecule has 0 aromatic carbocycles. The second-order valence-corrected chi connectivity index (χ2v) is 5.06. The van der Waals surface area contributed by atoms with E-state index in [4.69, 9.17) is 0 Å². The number of nitrogens with one attached hydrogen (secondary N) is 2. The van der Waals surface area contributed by atoms with Crippen molar-refractivity contribution >= 4 is 11.9 Å². The van der Waals surface area contributed by atoms with Crippen molar-refractivity contribution in [3.8, 4) is 0 Å². The standard InChI is InChI=1S/C12H17N5O/c18-11(16-12-13-5-6-14-17-12)10-7-8-3-1-2-4-9(8)15-10/h5-6,8-10,15H,1-4,7H2,(H,13,16,17,18). The topological polar surface area (TPSA) is 79.8 Å². The molecule has 1 saturated carbocycles. The molecule has 6 heteroatoms. The van der Waals surface area contributed by atoms with Crippen molar-refractivity contribution in [3.63, 3.8) is 0 Å². The summed E-state index contributed by atoms with van der Waals surface area (Å²) in [5.74, 6) is 0.890. The minimum Gasteiger partial charge on any atom is -0.303 e. The number of fused-ring (bicyclic) bond motifs is 1. The lowest BCUT2D eigenvalue weighted by Gasteiger charge is -2.24. The Morgan fingerprint density at radius 2 is 2.22 bits per heavy atom. The minimum absolute atomic E-state index is 0.0441. The Hall–Kier alpha value is -1.56. The first-order valence-electron chi connectivity index (χ1n) is 6.53. The van der Waals surface area contributed by atoms with E-state index < -0.39 is 0 Å². The summed E-state index contributed by atoms with van der Waals surface area (Å²) in [7, 11) is 0. The summed E-state index contributed by atoms with van der Waals surface area (Å²) >= 11 is 0. The van der Waals surface area contributed by atoms with Crippen LogP contribution in [0.5, 0.6) is 0 Å². The Labute approximate surface area is 106 Å². The van der Waals surface area contributed by atoms with E-state index in [9.17, 15) is 4.79 Å². The first kappa shape index (κ1) is 11.5. The molecular formula is C12H17N5O. The van der Waals surface area contributed by atoms with E-state index in [0.717, 1.165) is 6.42 Å². The predicted molar refractivity (Wildman–Crippen MR) is 65.7 cm³/mol. The SMILES string of the molecule is O=C(Nc1nccnn1)C1CC2CCCCC2N1. The summed E-state index contributed by atoms with van der Waals surface area (Å²) in [4.78, 5) is 16.0. The first-order valence-corrected chi connectivity index (χ1v) is 6.53. The monoisotopic (exact) mass is 247 g/mol. The third-order valence-electron chi connectivity index (χ3n) is 3.90. The van der Waals surface area contributed by atoms with Gasteiger partial charge in [-0.2, -0.15) is 5.10 Å². The lowest BCUT2D eigenvalue weighted by atomic mass is 9.85. The molecule has 2 aliphatic rings.